The van der Waals surface area contributed by atoms with Crippen LogP contribution in [-0.4, -0.2) is 19.9 Å². The van der Waals surface area contributed by atoms with Crippen LogP contribution in [0.3, 0.4) is 0 Å². The lowest BCUT2D eigenvalue weighted by atomic mass is 10.3. The number of para-hydroxylation sites is 1. The molecule has 0 aliphatic carbocycles. The van der Waals surface area contributed by atoms with Gasteiger partial charge in [0.1, 0.15) is 10.7 Å². The number of nitrogens with zero attached hydrogens (tertiary/aromatic N) is 2. The molecule has 0 atom stereocenters. The van der Waals surface area contributed by atoms with Crippen molar-refractivity contribution in [1.82, 2.24) is 4.98 Å². The molecule has 1 aromatic carbocycles. The van der Waals surface area contributed by atoms with E-state index in [-0.39, 0.29) is 22.8 Å². The summed E-state index contributed by atoms with van der Waals surface area (Å²) in [6.07, 6.45) is 2.58. The van der Waals surface area contributed by atoms with Gasteiger partial charge in [0.05, 0.1) is 11.4 Å². The highest BCUT2D eigenvalue weighted by molar-refractivity contribution is 7.93. The van der Waals surface area contributed by atoms with E-state index >= 15 is 0 Å². The van der Waals surface area contributed by atoms with Crippen LogP contribution in [0.4, 0.5) is 15.8 Å². The first-order valence-electron chi connectivity index (χ1n) is 6.20. The number of aromatic nitrogens is 1. The van der Waals surface area contributed by atoms with Crippen molar-refractivity contribution in [3.05, 3.63) is 48.5 Å². The zero-order chi connectivity index (χ0) is 15.5. The third-order valence-corrected chi connectivity index (χ3v) is 4.83. The third kappa shape index (κ3) is 2.81. The fourth-order valence-corrected chi connectivity index (χ4v) is 3.53. The highest BCUT2D eigenvalue weighted by atomic mass is 32.2. The van der Waals surface area contributed by atoms with E-state index in [1.165, 1.54) is 36.7 Å². The molecule has 112 valence electrons. The van der Waals surface area contributed by atoms with E-state index in [9.17, 15) is 12.8 Å². The largest absolute Gasteiger partial charge is 0.323 e. The number of hydrogen-bond donors (Lipinski definition) is 2. The van der Waals surface area contributed by atoms with Crippen molar-refractivity contribution in [3.8, 4) is 0 Å². The van der Waals surface area contributed by atoms with Crippen LogP contribution in [0.5, 0.6) is 0 Å². The maximum Gasteiger partial charge on any atom is 0.268 e. The van der Waals surface area contributed by atoms with Gasteiger partial charge in [-0.15, -0.1) is 0 Å². The molecule has 0 aliphatic heterocycles. The Kier molecular flexibility index (Phi) is 4.39. The predicted octanol–water partition coefficient (Wildman–Crippen LogP) is 1.72. The molecule has 6 nitrogen and oxygen atoms in total. The Hall–Kier alpha value is -2.19. The first-order chi connectivity index (χ1) is 10.0. The van der Waals surface area contributed by atoms with E-state index in [2.05, 4.69) is 10.4 Å². The number of nitrogens with two attached hydrogens (primary N) is 1. The van der Waals surface area contributed by atoms with Crippen molar-refractivity contribution < 1.29 is 12.8 Å². The lowest BCUT2D eigenvalue weighted by Crippen LogP contribution is -2.32. The van der Waals surface area contributed by atoms with E-state index in [0.29, 0.717) is 0 Å². The first kappa shape index (κ1) is 15.2. The Morgan fingerprint density at radius 3 is 2.67 bits per heavy atom. The monoisotopic (exact) mass is 310 g/mol. The fourth-order valence-electron chi connectivity index (χ4n) is 1.95. The number of benzene rings is 1. The number of hydrogen-bond acceptors (Lipinski definition) is 5. The van der Waals surface area contributed by atoms with Crippen LogP contribution in [-0.2, 0) is 10.0 Å². The smallest absolute Gasteiger partial charge is 0.268 e. The molecule has 21 heavy (non-hydrogen) atoms. The summed E-state index contributed by atoms with van der Waals surface area (Å²) < 4.78 is 40.3. The Bertz CT molecular complexity index is 736. The van der Waals surface area contributed by atoms with Gasteiger partial charge < -0.3 is 5.43 Å². The van der Waals surface area contributed by atoms with E-state index in [4.69, 9.17) is 5.84 Å². The molecule has 0 fully saturated rings. The summed E-state index contributed by atoms with van der Waals surface area (Å²) in [5.41, 5.74) is 2.48. The van der Waals surface area contributed by atoms with Gasteiger partial charge in [-0.3, -0.25) is 15.1 Å². The summed E-state index contributed by atoms with van der Waals surface area (Å²) in [6, 6.07) is 7.11. The van der Waals surface area contributed by atoms with Gasteiger partial charge in [-0.1, -0.05) is 12.1 Å². The summed E-state index contributed by atoms with van der Waals surface area (Å²) in [4.78, 5) is 3.68. The molecule has 2 rings (SSSR count). The van der Waals surface area contributed by atoms with E-state index in [0.717, 1.165) is 4.31 Å². The summed E-state index contributed by atoms with van der Waals surface area (Å²) in [6.45, 7) is 1.69. The first-order valence-corrected chi connectivity index (χ1v) is 7.64. The molecule has 2 aromatic rings. The van der Waals surface area contributed by atoms with Crippen LogP contribution in [0.15, 0.2) is 47.6 Å². The van der Waals surface area contributed by atoms with E-state index in [1.54, 1.807) is 13.0 Å². The Morgan fingerprint density at radius 2 is 2.05 bits per heavy atom. The second-order valence-electron chi connectivity index (χ2n) is 4.14. The van der Waals surface area contributed by atoms with E-state index in [1.807, 2.05) is 0 Å². The molecule has 0 aliphatic rings. The Labute approximate surface area is 122 Å². The van der Waals surface area contributed by atoms with Gasteiger partial charge in [0.2, 0.25) is 0 Å². The molecular formula is C13H15FN4O2S. The molecule has 8 heteroatoms. The minimum atomic E-state index is -3.98. The van der Waals surface area contributed by atoms with Crippen LogP contribution < -0.4 is 15.6 Å². The summed E-state index contributed by atoms with van der Waals surface area (Å²) >= 11 is 0. The number of hydrazine groups is 1. The number of anilines is 2. The molecule has 0 saturated carbocycles. The second kappa shape index (κ2) is 6.06. The molecule has 0 amide bonds. The standard InChI is InChI=1S/C13H15FN4O2S/c1-2-18(12-6-4-3-5-10(12)14)21(19,20)13-9-16-8-7-11(13)17-15/h3-9H,2,15H2,1H3,(H,16,17). The number of nitrogen functional groups attached to an aromatic ring is 1. The molecule has 0 unspecified atom stereocenters. The van der Waals surface area contributed by atoms with Crippen LogP contribution >= 0.6 is 0 Å². The number of rotatable bonds is 5. The average molecular weight is 310 g/mol. The molecule has 0 bridgehead atoms. The van der Waals surface area contributed by atoms with Gasteiger partial charge in [0.15, 0.2) is 0 Å². The van der Waals surface area contributed by atoms with Crippen LogP contribution in [0.1, 0.15) is 6.92 Å². The van der Waals surface area contributed by atoms with Crippen LogP contribution in [0.25, 0.3) is 0 Å². The molecule has 1 heterocycles. The fraction of sp³-hybridized carbons (Fsp3) is 0.154. The van der Waals surface area contributed by atoms with Crippen molar-refractivity contribution in [1.29, 1.82) is 0 Å². The molecule has 0 radical (unpaired) electrons. The lowest BCUT2D eigenvalue weighted by Gasteiger charge is -2.24. The zero-order valence-electron chi connectivity index (χ0n) is 11.3. The molecule has 0 saturated heterocycles. The van der Waals surface area contributed by atoms with Gasteiger partial charge in [-0.2, -0.15) is 0 Å². The normalized spacial score (nSPS) is 11.2. The maximum atomic E-state index is 13.9. The van der Waals surface area contributed by atoms with Gasteiger partial charge >= 0.3 is 0 Å². The van der Waals surface area contributed by atoms with Crippen LogP contribution in [0, 0.1) is 5.82 Å². The van der Waals surface area contributed by atoms with E-state index < -0.39 is 15.8 Å². The van der Waals surface area contributed by atoms with Gasteiger partial charge in [-0.05, 0) is 25.1 Å². The minimum Gasteiger partial charge on any atom is -0.323 e. The number of nitrogens with one attached hydrogen (secondary N) is 1. The van der Waals surface area contributed by atoms with Crippen molar-refractivity contribution in [2.24, 2.45) is 5.84 Å². The zero-order valence-corrected chi connectivity index (χ0v) is 12.1. The Balaban J connectivity index is 2.58. The quantitative estimate of drug-likeness (QED) is 0.648. The number of sulfonamides is 1. The Morgan fingerprint density at radius 1 is 1.33 bits per heavy atom. The highest BCUT2D eigenvalue weighted by Gasteiger charge is 2.28. The minimum absolute atomic E-state index is 0.0215. The van der Waals surface area contributed by atoms with Gasteiger partial charge in [-0.25, -0.2) is 12.8 Å². The summed E-state index contributed by atoms with van der Waals surface area (Å²) in [5, 5.41) is 0. The van der Waals surface area contributed by atoms with Crippen molar-refractivity contribution in [3.63, 3.8) is 0 Å². The van der Waals surface area contributed by atoms with Crippen molar-refractivity contribution in [2.75, 3.05) is 16.3 Å². The SMILES string of the molecule is CCN(c1ccccc1F)S(=O)(=O)c1cnccc1NN. The second-order valence-corrected chi connectivity index (χ2v) is 5.97. The molecule has 0 spiro atoms. The maximum absolute atomic E-state index is 13.9. The van der Waals surface area contributed by atoms with Gasteiger partial charge in [0, 0.05) is 18.9 Å². The molecular weight excluding hydrogens is 295 g/mol. The van der Waals surface area contributed by atoms with Gasteiger partial charge in [0.25, 0.3) is 10.0 Å². The molecule has 3 N–H and O–H groups in total. The average Bonchev–Trinajstić information content (AvgIpc) is 2.49. The number of pyridine rings is 1. The topological polar surface area (TPSA) is 88.3 Å². The third-order valence-electron chi connectivity index (χ3n) is 2.92. The lowest BCUT2D eigenvalue weighted by molar-refractivity contribution is 0.586. The van der Waals surface area contributed by atoms with Crippen LogP contribution in [0.2, 0.25) is 0 Å². The summed E-state index contributed by atoms with van der Waals surface area (Å²) in [7, 11) is -3.98. The summed E-state index contributed by atoms with van der Waals surface area (Å²) in [5.74, 6) is 4.71. The van der Waals surface area contributed by atoms with Crippen molar-refractivity contribution >= 4 is 21.4 Å². The number of halogens is 1. The predicted molar refractivity (Wildman–Crippen MR) is 78.7 cm³/mol. The highest BCUT2D eigenvalue weighted by Crippen LogP contribution is 2.28. The molecule has 1 aromatic heterocycles. The van der Waals surface area contributed by atoms with Crippen molar-refractivity contribution in [2.45, 2.75) is 11.8 Å².